The lowest BCUT2D eigenvalue weighted by molar-refractivity contribution is -0.0167. The van der Waals surface area contributed by atoms with Crippen LogP contribution in [-0.2, 0) is 34.4 Å². The van der Waals surface area contributed by atoms with Crippen LogP contribution in [0.15, 0.2) is 12.7 Å². The Balaban J connectivity index is 1.85. The summed E-state index contributed by atoms with van der Waals surface area (Å²) in [5.41, 5.74) is 6.81. The fourth-order valence-corrected chi connectivity index (χ4v) is 3.04. The van der Waals surface area contributed by atoms with Crippen LogP contribution in [0.2, 0.25) is 0 Å². The molecule has 2 heterocycles. The molecule has 2 aromatic rings. The third-order valence-electron chi connectivity index (χ3n) is 3.44. The highest BCUT2D eigenvalue weighted by Crippen LogP contribution is 2.47. The molecule has 13 heteroatoms. The van der Waals surface area contributed by atoms with Crippen LogP contribution < -0.4 is 5.73 Å². The maximum atomic E-state index is 12.5. The zero-order chi connectivity index (χ0) is 20.7. The Morgan fingerprint density at radius 1 is 1.29 bits per heavy atom. The summed E-state index contributed by atoms with van der Waals surface area (Å²) in [7, 11) is -2.40. The molecule has 0 amide bonds. The van der Waals surface area contributed by atoms with Crippen molar-refractivity contribution in [3.8, 4) is 0 Å². The van der Waals surface area contributed by atoms with Gasteiger partial charge in [0.25, 0.3) is 0 Å². The van der Waals surface area contributed by atoms with E-state index >= 15 is 0 Å². The van der Waals surface area contributed by atoms with Crippen molar-refractivity contribution in [2.45, 2.75) is 39.5 Å². The highest BCUT2D eigenvalue weighted by molar-refractivity contribution is 7.53. The topological polar surface area (TPSA) is 150 Å². The van der Waals surface area contributed by atoms with Gasteiger partial charge in [-0.05, 0) is 20.8 Å². The molecule has 0 spiro atoms. The van der Waals surface area contributed by atoms with Crippen molar-refractivity contribution in [2.24, 2.45) is 0 Å². The second-order valence-corrected chi connectivity index (χ2v) is 8.14. The first kappa shape index (κ1) is 22.0. The first-order valence-corrected chi connectivity index (χ1v) is 10.1. The first-order chi connectivity index (χ1) is 13.2. The molecule has 0 aliphatic carbocycles. The van der Waals surface area contributed by atoms with E-state index in [2.05, 4.69) is 19.7 Å². The average molecular weight is 417 g/mol. The molecule has 0 saturated carbocycles. The van der Waals surface area contributed by atoms with Crippen molar-refractivity contribution in [3.63, 3.8) is 0 Å². The predicted molar refractivity (Wildman–Crippen MR) is 98.4 cm³/mol. The van der Waals surface area contributed by atoms with E-state index < -0.39 is 20.5 Å². The molecule has 28 heavy (non-hydrogen) atoms. The number of rotatable bonds is 10. The van der Waals surface area contributed by atoms with Crippen molar-refractivity contribution in [1.82, 2.24) is 19.5 Å². The lowest BCUT2D eigenvalue weighted by Gasteiger charge is -2.19. The summed E-state index contributed by atoms with van der Waals surface area (Å²) in [6.45, 7) is 4.89. The SMILES string of the molecule is COP(=O)(CO[C@@H](C)Cn1cnc2c(N)ncnc21)OCOC(=O)OC(C)C. The Morgan fingerprint density at radius 3 is 2.71 bits per heavy atom. The molecule has 156 valence electrons. The van der Waals surface area contributed by atoms with Crippen LogP contribution >= 0.6 is 7.60 Å². The molecule has 0 aromatic carbocycles. The number of imidazole rings is 1. The monoisotopic (exact) mass is 417 g/mol. The molecule has 0 bridgehead atoms. The van der Waals surface area contributed by atoms with E-state index in [-0.39, 0.29) is 24.4 Å². The molecular weight excluding hydrogens is 393 g/mol. The largest absolute Gasteiger partial charge is 0.510 e. The molecule has 2 atom stereocenters. The summed E-state index contributed by atoms with van der Waals surface area (Å²) < 4.78 is 39.2. The number of hydrogen-bond acceptors (Lipinski definition) is 11. The van der Waals surface area contributed by atoms with E-state index in [1.54, 1.807) is 31.7 Å². The Morgan fingerprint density at radius 2 is 2.04 bits per heavy atom. The van der Waals surface area contributed by atoms with Gasteiger partial charge < -0.3 is 29.0 Å². The lowest BCUT2D eigenvalue weighted by atomic mass is 10.4. The van der Waals surface area contributed by atoms with Crippen LogP contribution in [0.4, 0.5) is 10.6 Å². The van der Waals surface area contributed by atoms with Crippen molar-refractivity contribution in [2.75, 3.05) is 26.0 Å². The van der Waals surface area contributed by atoms with Gasteiger partial charge in [-0.3, -0.25) is 9.09 Å². The number of nitrogen functional groups attached to an aromatic ring is 1. The number of carbonyl (C=O) groups excluding carboxylic acids is 1. The molecule has 0 fully saturated rings. The van der Waals surface area contributed by atoms with Crippen LogP contribution in [0.25, 0.3) is 11.2 Å². The zero-order valence-corrected chi connectivity index (χ0v) is 17.0. The number of carbonyl (C=O) groups is 1. The quantitative estimate of drug-likeness (QED) is 0.344. The van der Waals surface area contributed by atoms with E-state index in [9.17, 15) is 9.36 Å². The third-order valence-corrected chi connectivity index (χ3v) is 4.96. The summed E-state index contributed by atoms with van der Waals surface area (Å²) in [4.78, 5) is 23.5. The van der Waals surface area contributed by atoms with Crippen LogP contribution in [-0.4, -0.2) is 58.1 Å². The molecule has 2 rings (SSSR count). The van der Waals surface area contributed by atoms with Gasteiger partial charge in [0.2, 0.25) is 6.79 Å². The van der Waals surface area contributed by atoms with Crippen molar-refractivity contribution >= 4 is 30.7 Å². The highest BCUT2D eigenvalue weighted by Gasteiger charge is 2.26. The second kappa shape index (κ2) is 9.78. The van der Waals surface area contributed by atoms with E-state index in [0.717, 1.165) is 0 Å². The summed E-state index contributed by atoms with van der Waals surface area (Å²) in [5.74, 6) is 0.283. The molecular formula is C15H24N5O7P. The van der Waals surface area contributed by atoms with E-state index in [1.165, 1.54) is 13.4 Å². The number of aromatic nitrogens is 4. The Labute approximate surface area is 161 Å². The normalized spacial score (nSPS) is 14.8. The molecule has 2 N–H and O–H groups in total. The molecule has 0 aliphatic heterocycles. The van der Waals surface area contributed by atoms with Crippen LogP contribution in [0.3, 0.4) is 0 Å². The van der Waals surface area contributed by atoms with E-state index in [4.69, 9.17) is 24.3 Å². The molecule has 1 unspecified atom stereocenters. The van der Waals surface area contributed by atoms with Crippen molar-refractivity contribution < 1.29 is 32.6 Å². The molecule has 0 radical (unpaired) electrons. The Kier molecular flexibility index (Phi) is 7.69. The predicted octanol–water partition coefficient (Wildman–Crippen LogP) is 2.15. The van der Waals surface area contributed by atoms with Gasteiger partial charge in [0.1, 0.15) is 18.2 Å². The smallest absolute Gasteiger partial charge is 0.432 e. The fraction of sp³-hybridized carbons (Fsp3) is 0.600. The maximum Gasteiger partial charge on any atom is 0.510 e. The third kappa shape index (κ3) is 6.13. The second-order valence-electron chi connectivity index (χ2n) is 6.04. The van der Waals surface area contributed by atoms with Gasteiger partial charge in [-0.15, -0.1) is 0 Å². The number of nitrogens with zero attached hydrogens (tertiary/aromatic N) is 4. The van der Waals surface area contributed by atoms with E-state index in [1.807, 2.05) is 0 Å². The standard InChI is InChI=1S/C15H24N5O7P/c1-10(2)27-15(21)24-8-26-28(22,23-4)9-25-11(3)5-20-7-19-12-13(16)17-6-18-14(12)20/h6-7,10-11H,5,8-9H2,1-4H3,(H2,16,17,18)/t11-,28?/m0/s1. The number of ether oxygens (including phenoxy) is 3. The number of hydrogen-bond donors (Lipinski definition) is 1. The van der Waals surface area contributed by atoms with Crippen LogP contribution in [0.1, 0.15) is 20.8 Å². The van der Waals surface area contributed by atoms with Crippen molar-refractivity contribution in [3.05, 3.63) is 12.7 Å². The van der Waals surface area contributed by atoms with Gasteiger partial charge in [0.05, 0.1) is 25.1 Å². The first-order valence-electron chi connectivity index (χ1n) is 8.39. The summed E-state index contributed by atoms with van der Waals surface area (Å²) in [6, 6.07) is 0. The van der Waals surface area contributed by atoms with Crippen molar-refractivity contribution in [1.29, 1.82) is 0 Å². The minimum atomic E-state index is -3.62. The summed E-state index contributed by atoms with van der Waals surface area (Å²) in [5, 5.41) is 0. The summed E-state index contributed by atoms with van der Waals surface area (Å²) in [6.07, 6.45) is 0.921. The minimum absolute atomic E-state index is 0.283. The zero-order valence-electron chi connectivity index (χ0n) is 16.1. The maximum absolute atomic E-state index is 12.5. The molecule has 2 aromatic heterocycles. The Hall–Kier alpha value is -2.27. The lowest BCUT2D eigenvalue weighted by Crippen LogP contribution is -2.19. The molecule has 12 nitrogen and oxygen atoms in total. The van der Waals surface area contributed by atoms with Crippen LogP contribution in [0, 0.1) is 0 Å². The average Bonchev–Trinajstić information content (AvgIpc) is 3.04. The van der Waals surface area contributed by atoms with Gasteiger partial charge in [-0.1, -0.05) is 0 Å². The fourth-order valence-electron chi connectivity index (χ4n) is 2.10. The number of nitrogens with two attached hydrogens (primary N) is 1. The Bertz CT molecular complexity index is 843. The van der Waals surface area contributed by atoms with Gasteiger partial charge in [0.15, 0.2) is 11.5 Å². The van der Waals surface area contributed by atoms with E-state index in [0.29, 0.717) is 17.7 Å². The molecule has 0 saturated heterocycles. The van der Waals surface area contributed by atoms with Crippen LogP contribution in [0.5, 0.6) is 0 Å². The van der Waals surface area contributed by atoms with Gasteiger partial charge in [-0.25, -0.2) is 19.7 Å². The highest BCUT2D eigenvalue weighted by atomic mass is 31.2. The minimum Gasteiger partial charge on any atom is -0.432 e. The number of anilines is 1. The molecule has 0 aliphatic rings. The van der Waals surface area contributed by atoms with Gasteiger partial charge in [0, 0.05) is 7.11 Å². The van der Waals surface area contributed by atoms with Gasteiger partial charge in [-0.2, -0.15) is 0 Å². The number of fused-ring (bicyclic) bond motifs is 1. The van der Waals surface area contributed by atoms with Gasteiger partial charge >= 0.3 is 13.8 Å². The summed E-state index contributed by atoms with van der Waals surface area (Å²) >= 11 is 0.